The largest absolute Gasteiger partial charge is 0.399 e. The molecule has 0 saturated carbocycles. The molecule has 0 saturated heterocycles. The van der Waals surface area contributed by atoms with Crippen LogP contribution in [0.1, 0.15) is 5.56 Å². The molecule has 0 amide bonds. The number of thiophene rings is 1. The summed E-state index contributed by atoms with van der Waals surface area (Å²) in [5.74, 6) is 0. The summed E-state index contributed by atoms with van der Waals surface area (Å²) in [6.07, 6.45) is 0. The molecule has 0 aliphatic rings. The normalized spacial score (nSPS) is 11.4. The van der Waals surface area contributed by atoms with Crippen LogP contribution in [0.2, 0.25) is 4.34 Å². The number of nitrogen functional groups attached to an aromatic ring is 1. The maximum absolute atomic E-state index is 12.1. The zero-order valence-electron chi connectivity index (χ0n) is 9.48. The molecular formula is C11H11ClN2O2S2. The molecule has 0 spiro atoms. The Balaban J connectivity index is 2.33. The molecule has 0 bridgehead atoms. The lowest BCUT2D eigenvalue weighted by Crippen LogP contribution is -2.12. The summed E-state index contributed by atoms with van der Waals surface area (Å²) in [6, 6.07) is 8.02. The number of benzene rings is 1. The first kappa shape index (κ1) is 13.2. The van der Waals surface area contributed by atoms with Gasteiger partial charge in [0, 0.05) is 5.69 Å². The molecule has 7 heteroatoms. The van der Waals surface area contributed by atoms with Gasteiger partial charge in [-0.25, -0.2) is 8.42 Å². The van der Waals surface area contributed by atoms with Crippen LogP contribution in [-0.4, -0.2) is 8.42 Å². The molecule has 1 aromatic heterocycles. The van der Waals surface area contributed by atoms with Crippen molar-refractivity contribution in [3.8, 4) is 0 Å². The first-order valence-electron chi connectivity index (χ1n) is 5.03. The van der Waals surface area contributed by atoms with Gasteiger partial charge in [-0.2, -0.15) is 0 Å². The van der Waals surface area contributed by atoms with E-state index in [9.17, 15) is 8.42 Å². The zero-order chi connectivity index (χ0) is 13.3. The summed E-state index contributed by atoms with van der Waals surface area (Å²) in [5, 5.41) is 0. The monoisotopic (exact) mass is 302 g/mol. The Bertz CT molecular complexity index is 680. The highest BCUT2D eigenvalue weighted by Crippen LogP contribution is 2.28. The third-order valence-corrected chi connectivity index (χ3v) is 5.40. The fourth-order valence-corrected chi connectivity index (χ4v) is 4.05. The lowest BCUT2D eigenvalue weighted by Gasteiger charge is -2.09. The molecule has 0 aliphatic carbocycles. The molecular weight excluding hydrogens is 292 g/mol. The molecule has 2 rings (SSSR count). The number of anilines is 2. The van der Waals surface area contributed by atoms with E-state index in [1.807, 2.05) is 0 Å². The van der Waals surface area contributed by atoms with Crippen molar-refractivity contribution < 1.29 is 8.42 Å². The zero-order valence-corrected chi connectivity index (χ0v) is 11.9. The number of sulfonamides is 1. The predicted octanol–water partition coefficient (Wildman–Crippen LogP) is 3.09. The number of nitrogens with one attached hydrogen (secondary N) is 1. The maximum Gasteiger partial charge on any atom is 0.271 e. The van der Waals surface area contributed by atoms with Gasteiger partial charge in [-0.1, -0.05) is 11.6 Å². The second-order valence-corrected chi connectivity index (χ2v) is 7.36. The minimum Gasteiger partial charge on any atom is -0.399 e. The second-order valence-electron chi connectivity index (χ2n) is 3.74. The highest BCUT2D eigenvalue weighted by molar-refractivity contribution is 7.94. The maximum atomic E-state index is 12.1. The number of nitrogens with two attached hydrogens (primary N) is 1. The topological polar surface area (TPSA) is 72.2 Å². The number of halogens is 1. The van der Waals surface area contributed by atoms with Crippen LogP contribution in [0.5, 0.6) is 0 Å². The first-order valence-corrected chi connectivity index (χ1v) is 7.70. The van der Waals surface area contributed by atoms with Crippen LogP contribution in [0, 0.1) is 6.92 Å². The summed E-state index contributed by atoms with van der Waals surface area (Å²) < 4.78 is 27.3. The van der Waals surface area contributed by atoms with Crippen molar-refractivity contribution in [3.05, 3.63) is 40.2 Å². The summed E-state index contributed by atoms with van der Waals surface area (Å²) in [4.78, 5) is 0. The Labute approximate surface area is 114 Å². The minimum absolute atomic E-state index is 0.184. The van der Waals surface area contributed by atoms with Crippen LogP contribution in [0.25, 0.3) is 0 Å². The van der Waals surface area contributed by atoms with E-state index in [-0.39, 0.29) is 4.21 Å². The van der Waals surface area contributed by atoms with Crippen molar-refractivity contribution in [2.75, 3.05) is 10.5 Å². The van der Waals surface area contributed by atoms with Gasteiger partial charge in [0.25, 0.3) is 10.0 Å². The average molecular weight is 303 g/mol. The van der Waals surface area contributed by atoms with Gasteiger partial charge >= 0.3 is 0 Å². The van der Waals surface area contributed by atoms with Gasteiger partial charge in [0.1, 0.15) is 4.21 Å². The fourth-order valence-electron chi connectivity index (χ4n) is 1.44. The van der Waals surface area contributed by atoms with Gasteiger partial charge in [0.05, 0.1) is 10.0 Å². The summed E-state index contributed by atoms with van der Waals surface area (Å²) in [5.41, 5.74) is 7.48. The van der Waals surface area contributed by atoms with Gasteiger partial charge in [-0.05, 0) is 42.8 Å². The molecule has 4 nitrogen and oxygen atoms in total. The standard InChI is InChI=1S/C11H11ClN2O2S2/c1-7-6-8(13)2-3-9(7)14-18(15,16)11-5-4-10(12)17-11/h2-6,14H,13H2,1H3. The molecule has 0 unspecified atom stereocenters. The third-order valence-electron chi connectivity index (χ3n) is 2.31. The molecule has 2 aromatic rings. The van der Waals surface area contributed by atoms with Crippen LogP contribution >= 0.6 is 22.9 Å². The van der Waals surface area contributed by atoms with Crippen LogP contribution < -0.4 is 10.5 Å². The second kappa shape index (κ2) is 4.79. The van der Waals surface area contributed by atoms with Crippen molar-refractivity contribution in [3.63, 3.8) is 0 Å². The highest BCUT2D eigenvalue weighted by atomic mass is 35.5. The van der Waals surface area contributed by atoms with E-state index < -0.39 is 10.0 Å². The van der Waals surface area contributed by atoms with E-state index >= 15 is 0 Å². The average Bonchev–Trinajstić information content (AvgIpc) is 2.70. The number of hydrogen-bond donors (Lipinski definition) is 2. The lowest BCUT2D eigenvalue weighted by molar-refractivity contribution is 0.603. The molecule has 96 valence electrons. The minimum atomic E-state index is -3.58. The van der Waals surface area contributed by atoms with Crippen molar-refractivity contribution >= 4 is 44.3 Å². The van der Waals surface area contributed by atoms with Gasteiger partial charge in [-0.3, -0.25) is 4.72 Å². The Morgan fingerprint density at radius 1 is 1.28 bits per heavy atom. The summed E-state index contributed by atoms with van der Waals surface area (Å²) in [7, 11) is -3.58. The van der Waals surface area contributed by atoms with E-state index in [0.717, 1.165) is 16.9 Å². The lowest BCUT2D eigenvalue weighted by atomic mass is 10.2. The quantitative estimate of drug-likeness (QED) is 0.856. The van der Waals surface area contributed by atoms with Crippen LogP contribution in [-0.2, 0) is 10.0 Å². The van der Waals surface area contributed by atoms with E-state index in [0.29, 0.717) is 15.7 Å². The molecule has 0 radical (unpaired) electrons. The van der Waals surface area contributed by atoms with Gasteiger partial charge in [0.15, 0.2) is 0 Å². The van der Waals surface area contributed by atoms with Gasteiger partial charge < -0.3 is 5.73 Å². The molecule has 18 heavy (non-hydrogen) atoms. The smallest absolute Gasteiger partial charge is 0.271 e. The van der Waals surface area contributed by atoms with Crippen molar-refractivity contribution in [1.29, 1.82) is 0 Å². The molecule has 0 aliphatic heterocycles. The molecule has 0 fully saturated rings. The Kier molecular flexibility index (Phi) is 3.52. The van der Waals surface area contributed by atoms with Gasteiger partial charge in [-0.15, -0.1) is 11.3 Å². The molecule has 3 N–H and O–H groups in total. The van der Waals surface area contributed by atoms with Crippen LogP contribution in [0.4, 0.5) is 11.4 Å². The van der Waals surface area contributed by atoms with E-state index in [2.05, 4.69) is 4.72 Å². The third kappa shape index (κ3) is 2.77. The van der Waals surface area contributed by atoms with Gasteiger partial charge in [0.2, 0.25) is 0 Å². The van der Waals surface area contributed by atoms with Crippen LogP contribution in [0.15, 0.2) is 34.5 Å². The van der Waals surface area contributed by atoms with Crippen molar-refractivity contribution in [2.45, 2.75) is 11.1 Å². The Morgan fingerprint density at radius 3 is 2.56 bits per heavy atom. The van der Waals surface area contributed by atoms with E-state index in [1.165, 1.54) is 6.07 Å². The summed E-state index contributed by atoms with van der Waals surface area (Å²) >= 11 is 6.74. The van der Waals surface area contributed by atoms with Crippen molar-refractivity contribution in [2.24, 2.45) is 0 Å². The molecule has 1 heterocycles. The fraction of sp³-hybridized carbons (Fsp3) is 0.0909. The predicted molar refractivity (Wildman–Crippen MR) is 75.7 cm³/mol. The SMILES string of the molecule is Cc1cc(N)ccc1NS(=O)(=O)c1ccc(Cl)s1. The first-order chi connectivity index (χ1) is 8.38. The van der Waals surface area contributed by atoms with E-state index in [1.54, 1.807) is 31.2 Å². The Hall–Kier alpha value is -1.24. The number of hydrogen-bond acceptors (Lipinski definition) is 4. The molecule has 0 atom stereocenters. The van der Waals surface area contributed by atoms with Crippen molar-refractivity contribution in [1.82, 2.24) is 0 Å². The Morgan fingerprint density at radius 2 is 2.00 bits per heavy atom. The van der Waals surface area contributed by atoms with Crippen LogP contribution in [0.3, 0.4) is 0 Å². The number of aryl methyl sites for hydroxylation is 1. The molecule has 1 aromatic carbocycles. The number of rotatable bonds is 3. The highest BCUT2D eigenvalue weighted by Gasteiger charge is 2.17. The summed E-state index contributed by atoms with van der Waals surface area (Å²) in [6.45, 7) is 1.79. The van der Waals surface area contributed by atoms with E-state index in [4.69, 9.17) is 17.3 Å².